The summed E-state index contributed by atoms with van der Waals surface area (Å²) in [7, 11) is 0. The van der Waals surface area contributed by atoms with Crippen LogP contribution >= 0.6 is 27.5 Å². The normalized spacial score (nSPS) is 12.6. The molecule has 1 atom stereocenters. The van der Waals surface area contributed by atoms with Gasteiger partial charge in [0, 0.05) is 0 Å². The first-order valence-corrected chi connectivity index (χ1v) is 5.98. The van der Waals surface area contributed by atoms with Crippen LogP contribution in [-0.2, 0) is 0 Å². The third kappa shape index (κ3) is 2.89. The van der Waals surface area contributed by atoms with Gasteiger partial charge in [-0.15, -0.1) is 11.6 Å². The topological polar surface area (TPSA) is 9.23 Å². The lowest BCUT2D eigenvalue weighted by Gasteiger charge is -2.10. The van der Waals surface area contributed by atoms with Gasteiger partial charge < -0.3 is 4.74 Å². The molecule has 0 aliphatic rings. The minimum Gasteiger partial charge on any atom is -0.493 e. The maximum absolute atomic E-state index is 6.13. The molecule has 1 aromatic rings. The van der Waals surface area contributed by atoms with E-state index >= 15 is 0 Å². The van der Waals surface area contributed by atoms with Crippen LogP contribution in [0, 0.1) is 0 Å². The van der Waals surface area contributed by atoms with Crippen molar-refractivity contribution >= 4 is 27.5 Å². The zero-order chi connectivity index (χ0) is 10.6. The molecule has 78 valence electrons. The Bertz CT molecular complexity index is 301. The van der Waals surface area contributed by atoms with Crippen molar-refractivity contribution in [3.63, 3.8) is 0 Å². The summed E-state index contributed by atoms with van der Waals surface area (Å²) in [6.07, 6.45) is 0.933. The smallest absolute Gasteiger partial charge is 0.133 e. The number of hydrogen-bond acceptors (Lipinski definition) is 1. The van der Waals surface area contributed by atoms with Gasteiger partial charge in [0.25, 0.3) is 0 Å². The van der Waals surface area contributed by atoms with E-state index in [1.165, 1.54) is 0 Å². The molecule has 0 aromatic heterocycles. The molecule has 1 rings (SSSR count). The Balaban J connectivity index is 2.88. The average molecular weight is 278 g/mol. The molecule has 0 radical (unpaired) electrons. The van der Waals surface area contributed by atoms with Crippen LogP contribution in [0.25, 0.3) is 0 Å². The predicted octanol–water partition coefficient (Wildman–Crippen LogP) is 4.54. The second kappa shape index (κ2) is 5.62. The second-order valence-electron chi connectivity index (χ2n) is 3.00. The van der Waals surface area contributed by atoms with Gasteiger partial charge in [0.15, 0.2) is 0 Å². The van der Waals surface area contributed by atoms with Crippen molar-refractivity contribution < 1.29 is 4.74 Å². The highest BCUT2D eigenvalue weighted by molar-refractivity contribution is 9.10. The monoisotopic (exact) mass is 276 g/mol. The fraction of sp³-hybridized carbons (Fsp3) is 0.455. The highest BCUT2D eigenvalue weighted by atomic mass is 79.9. The second-order valence-corrected chi connectivity index (χ2v) is 4.38. The Hall–Kier alpha value is -0.210. The van der Waals surface area contributed by atoms with Gasteiger partial charge in [0.05, 0.1) is 16.5 Å². The first kappa shape index (κ1) is 11.9. The van der Waals surface area contributed by atoms with Crippen LogP contribution in [0.1, 0.15) is 31.2 Å². The number of halogens is 2. The van der Waals surface area contributed by atoms with E-state index in [1.54, 1.807) is 0 Å². The van der Waals surface area contributed by atoms with Crippen molar-refractivity contribution in [2.24, 2.45) is 0 Å². The summed E-state index contributed by atoms with van der Waals surface area (Å²) >= 11 is 9.59. The van der Waals surface area contributed by atoms with Crippen LogP contribution in [0.2, 0.25) is 0 Å². The predicted molar refractivity (Wildman–Crippen MR) is 64.2 cm³/mol. The summed E-state index contributed by atoms with van der Waals surface area (Å²) in [6, 6.07) is 5.98. The Morgan fingerprint density at radius 1 is 1.43 bits per heavy atom. The van der Waals surface area contributed by atoms with E-state index in [0.717, 1.165) is 22.2 Å². The molecule has 0 saturated heterocycles. The molecule has 0 bridgehead atoms. The first-order valence-electron chi connectivity index (χ1n) is 4.75. The molecule has 1 unspecified atom stereocenters. The minimum atomic E-state index is 0.0852. The lowest BCUT2D eigenvalue weighted by atomic mass is 10.1. The Labute approximate surface area is 98.5 Å². The molecule has 0 aliphatic carbocycles. The van der Waals surface area contributed by atoms with Crippen molar-refractivity contribution in [3.8, 4) is 5.75 Å². The molecular weight excluding hydrogens is 263 g/mol. The van der Waals surface area contributed by atoms with Crippen LogP contribution in [0.4, 0.5) is 0 Å². The maximum atomic E-state index is 6.13. The molecular formula is C11H14BrClO. The van der Waals surface area contributed by atoms with Crippen molar-refractivity contribution in [3.05, 3.63) is 28.2 Å². The molecule has 1 aromatic carbocycles. The minimum absolute atomic E-state index is 0.0852. The van der Waals surface area contributed by atoms with E-state index in [9.17, 15) is 0 Å². The summed E-state index contributed by atoms with van der Waals surface area (Å²) in [6.45, 7) is 4.72. The SMILES string of the molecule is CCOc1ccc(C(Cl)CC)cc1Br. The summed E-state index contributed by atoms with van der Waals surface area (Å²) in [4.78, 5) is 0. The average Bonchev–Trinajstić information content (AvgIpc) is 2.20. The van der Waals surface area contributed by atoms with Gasteiger partial charge in [-0.25, -0.2) is 0 Å². The van der Waals surface area contributed by atoms with Gasteiger partial charge in [0.1, 0.15) is 5.75 Å². The third-order valence-corrected chi connectivity index (χ3v) is 3.16. The van der Waals surface area contributed by atoms with E-state index < -0.39 is 0 Å². The Morgan fingerprint density at radius 2 is 2.14 bits per heavy atom. The number of benzene rings is 1. The lowest BCUT2D eigenvalue weighted by molar-refractivity contribution is 0.338. The fourth-order valence-electron chi connectivity index (χ4n) is 1.22. The van der Waals surface area contributed by atoms with Crippen LogP contribution in [-0.4, -0.2) is 6.61 Å². The van der Waals surface area contributed by atoms with Crippen molar-refractivity contribution in [1.29, 1.82) is 0 Å². The lowest BCUT2D eigenvalue weighted by Crippen LogP contribution is -1.94. The molecule has 14 heavy (non-hydrogen) atoms. The van der Waals surface area contributed by atoms with E-state index in [0.29, 0.717) is 6.61 Å². The highest BCUT2D eigenvalue weighted by Crippen LogP contribution is 2.31. The van der Waals surface area contributed by atoms with Gasteiger partial charge in [-0.1, -0.05) is 13.0 Å². The van der Waals surface area contributed by atoms with Crippen molar-refractivity contribution in [2.75, 3.05) is 6.61 Å². The zero-order valence-corrected chi connectivity index (χ0v) is 10.7. The molecule has 1 nitrogen and oxygen atoms in total. The Kier molecular flexibility index (Phi) is 4.76. The first-order chi connectivity index (χ1) is 6.69. The van der Waals surface area contributed by atoms with Gasteiger partial charge >= 0.3 is 0 Å². The zero-order valence-electron chi connectivity index (χ0n) is 8.39. The molecule has 0 heterocycles. The number of rotatable bonds is 4. The summed E-state index contributed by atoms with van der Waals surface area (Å²) in [5.41, 5.74) is 1.13. The van der Waals surface area contributed by atoms with Crippen LogP contribution in [0.3, 0.4) is 0 Å². The van der Waals surface area contributed by atoms with Crippen LogP contribution in [0.15, 0.2) is 22.7 Å². The van der Waals surface area contributed by atoms with Crippen molar-refractivity contribution in [2.45, 2.75) is 25.6 Å². The van der Waals surface area contributed by atoms with E-state index in [1.807, 2.05) is 25.1 Å². The summed E-state index contributed by atoms with van der Waals surface area (Å²) < 4.78 is 6.38. The van der Waals surface area contributed by atoms with E-state index in [2.05, 4.69) is 22.9 Å². The third-order valence-electron chi connectivity index (χ3n) is 1.98. The van der Waals surface area contributed by atoms with Crippen molar-refractivity contribution in [1.82, 2.24) is 0 Å². The van der Waals surface area contributed by atoms with Gasteiger partial charge in [-0.05, 0) is 47.0 Å². The molecule has 0 aliphatic heterocycles. The molecule has 0 N–H and O–H groups in total. The van der Waals surface area contributed by atoms with E-state index in [-0.39, 0.29) is 5.38 Å². The van der Waals surface area contributed by atoms with Gasteiger partial charge in [0.2, 0.25) is 0 Å². The number of hydrogen-bond donors (Lipinski definition) is 0. The fourth-order valence-corrected chi connectivity index (χ4v) is 1.87. The van der Waals surface area contributed by atoms with E-state index in [4.69, 9.17) is 16.3 Å². The largest absolute Gasteiger partial charge is 0.493 e. The standard InChI is InChI=1S/C11H14BrClO/c1-3-10(13)8-5-6-11(14-4-2)9(12)7-8/h5-7,10H,3-4H2,1-2H3. The molecule has 0 saturated carbocycles. The summed E-state index contributed by atoms with van der Waals surface area (Å²) in [5.74, 6) is 0.871. The molecule has 0 fully saturated rings. The van der Waals surface area contributed by atoms with Gasteiger partial charge in [-0.2, -0.15) is 0 Å². The van der Waals surface area contributed by atoms with Crippen LogP contribution < -0.4 is 4.74 Å². The molecule has 0 spiro atoms. The van der Waals surface area contributed by atoms with Gasteiger partial charge in [-0.3, -0.25) is 0 Å². The maximum Gasteiger partial charge on any atom is 0.133 e. The number of alkyl halides is 1. The summed E-state index contributed by atoms with van der Waals surface area (Å²) in [5, 5.41) is 0.0852. The van der Waals surface area contributed by atoms with Crippen LogP contribution in [0.5, 0.6) is 5.75 Å². The molecule has 0 amide bonds. The molecule has 3 heteroatoms. The highest BCUT2D eigenvalue weighted by Gasteiger charge is 2.08. The number of ether oxygens (including phenoxy) is 1. The Morgan fingerprint density at radius 3 is 2.64 bits per heavy atom. The quantitative estimate of drug-likeness (QED) is 0.734.